The number of benzene rings is 1. The highest BCUT2D eigenvalue weighted by molar-refractivity contribution is 6.00. The number of hydrogen-bond donors (Lipinski definition) is 2. The maximum atomic E-state index is 12.1. The van der Waals surface area contributed by atoms with E-state index < -0.39 is 17.1 Å². The molecule has 0 unspecified atom stereocenters. The van der Waals surface area contributed by atoms with E-state index in [-0.39, 0.29) is 23.0 Å². The minimum Gasteiger partial charge on any atom is -0.478 e. The first kappa shape index (κ1) is 14.0. The molecule has 0 spiro atoms. The normalized spacial score (nSPS) is 11.8. The predicted molar refractivity (Wildman–Crippen MR) is 75.2 cm³/mol. The van der Waals surface area contributed by atoms with Crippen molar-refractivity contribution in [3.05, 3.63) is 44.5 Å². The number of rotatable bonds is 2. The Labute approximate surface area is 114 Å². The third kappa shape index (κ3) is 2.49. The number of carbonyl (C=O) groups is 1. The minimum absolute atomic E-state index is 0.0000926. The summed E-state index contributed by atoms with van der Waals surface area (Å²) in [6.07, 6.45) is 0. The number of aromatic amines is 1. The van der Waals surface area contributed by atoms with Crippen LogP contribution in [0.1, 0.15) is 31.1 Å². The van der Waals surface area contributed by atoms with Gasteiger partial charge in [0.15, 0.2) is 0 Å². The molecule has 0 radical (unpaired) electrons. The number of fused-ring (bicyclic) bond motifs is 1. The van der Waals surface area contributed by atoms with Gasteiger partial charge in [-0.2, -0.15) is 0 Å². The Morgan fingerprint density at radius 3 is 2.50 bits per heavy atom. The number of nitrogens with zero attached hydrogens (tertiary/aromatic N) is 1. The standard InChI is InChI=1S/C14H16N2O4/c1-14(2,3)7-16-10-8(13(19)20)5-4-6-9(10)15-11(17)12(16)18/h4-6H,7H2,1-3H3,(H,15,17)(H,19,20). The van der Waals surface area contributed by atoms with E-state index in [0.717, 1.165) is 0 Å². The minimum atomic E-state index is -1.13. The lowest BCUT2D eigenvalue weighted by atomic mass is 9.96. The van der Waals surface area contributed by atoms with Crippen molar-refractivity contribution >= 4 is 17.0 Å². The molecule has 1 aromatic carbocycles. The van der Waals surface area contributed by atoms with Crippen molar-refractivity contribution in [3.8, 4) is 0 Å². The first-order valence-electron chi connectivity index (χ1n) is 6.20. The molecule has 1 heterocycles. The van der Waals surface area contributed by atoms with Gasteiger partial charge in [-0.15, -0.1) is 0 Å². The van der Waals surface area contributed by atoms with E-state index in [0.29, 0.717) is 5.52 Å². The van der Waals surface area contributed by atoms with Crippen LogP contribution >= 0.6 is 0 Å². The second-order valence-corrected chi connectivity index (χ2v) is 5.91. The molecule has 0 atom stereocenters. The molecule has 1 aromatic heterocycles. The van der Waals surface area contributed by atoms with Gasteiger partial charge in [-0.25, -0.2) is 4.79 Å². The highest BCUT2D eigenvalue weighted by Crippen LogP contribution is 2.20. The van der Waals surface area contributed by atoms with E-state index in [1.807, 2.05) is 20.8 Å². The zero-order valence-corrected chi connectivity index (χ0v) is 11.6. The van der Waals surface area contributed by atoms with Gasteiger partial charge in [0.25, 0.3) is 0 Å². The van der Waals surface area contributed by atoms with E-state index in [1.165, 1.54) is 16.7 Å². The van der Waals surface area contributed by atoms with Crippen LogP contribution in [-0.4, -0.2) is 20.6 Å². The van der Waals surface area contributed by atoms with Crippen LogP contribution in [-0.2, 0) is 6.54 Å². The van der Waals surface area contributed by atoms with Crippen molar-refractivity contribution in [2.75, 3.05) is 0 Å². The molecule has 0 aliphatic rings. The molecule has 6 nitrogen and oxygen atoms in total. The smallest absolute Gasteiger partial charge is 0.337 e. The van der Waals surface area contributed by atoms with Crippen LogP contribution in [0.25, 0.3) is 11.0 Å². The van der Waals surface area contributed by atoms with E-state index in [1.54, 1.807) is 6.07 Å². The molecule has 106 valence electrons. The molecular formula is C14H16N2O4. The number of carboxylic acids is 1. The fraction of sp³-hybridized carbons (Fsp3) is 0.357. The number of aromatic carboxylic acids is 1. The molecule has 20 heavy (non-hydrogen) atoms. The summed E-state index contributed by atoms with van der Waals surface area (Å²) in [6, 6.07) is 4.54. The van der Waals surface area contributed by atoms with Gasteiger partial charge in [0, 0.05) is 6.54 Å². The molecule has 6 heteroatoms. The summed E-state index contributed by atoms with van der Waals surface area (Å²) in [5, 5.41) is 9.26. The van der Waals surface area contributed by atoms with Crippen LogP contribution in [0.2, 0.25) is 0 Å². The number of carboxylic acid groups (broad SMARTS) is 1. The third-order valence-electron chi connectivity index (χ3n) is 2.86. The van der Waals surface area contributed by atoms with E-state index >= 15 is 0 Å². The van der Waals surface area contributed by atoms with Gasteiger partial charge in [-0.1, -0.05) is 26.8 Å². The fourth-order valence-electron chi connectivity index (χ4n) is 2.13. The molecule has 0 amide bonds. The summed E-state index contributed by atoms with van der Waals surface area (Å²) in [6.45, 7) is 6.00. The van der Waals surface area contributed by atoms with Crippen LogP contribution in [0.4, 0.5) is 0 Å². The molecule has 0 saturated heterocycles. The highest BCUT2D eigenvalue weighted by Gasteiger charge is 2.19. The van der Waals surface area contributed by atoms with Crippen molar-refractivity contribution in [2.45, 2.75) is 27.3 Å². The highest BCUT2D eigenvalue weighted by atomic mass is 16.4. The zero-order chi connectivity index (χ0) is 15.1. The van der Waals surface area contributed by atoms with Crippen molar-refractivity contribution < 1.29 is 9.90 Å². The molecule has 0 bridgehead atoms. The van der Waals surface area contributed by atoms with Crippen molar-refractivity contribution in [3.63, 3.8) is 0 Å². The summed E-state index contributed by atoms with van der Waals surface area (Å²) in [4.78, 5) is 37.5. The Bertz CT molecular complexity index is 793. The topological polar surface area (TPSA) is 92.2 Å². The van der Waals surface area contributed by atoms with Gasteiger partial charge >= 0.3 is 17.1 Å². The summed E-state index contributed by atoms with van der Waals surface area (Å²) >= 11 is 0. The van der Waals surface area contributed by atoms with E-state index in [9.17, 15) is 19.5 Å². The Kier molecular flexibility index (Phi) is 3.25. The Morgan fingerprint density at radius 2 is 1.95 bits per heavy atom. The van der Waals surface area contributed by atoms with Gasteiger partial charge in [0.05, 0.1) is 16.6 Å². The van der Waals surface area contributed by atoms with Gasteiger partial charge in [0.1, 0.15) is 0 Å². The van der Waals surface area contributed by atoms with E-state index in [4.69, 9.17) is 0 Å². The second kappa shape index (κ2) is 4.63. The second-order valence-electron chi connectivity index (χ2n) is 5.91. The molecule has 0 fully saturated rings. The molecular weight excluding hydrogens is 260 g/mol. The average Bonchev–Trinajstić information content (AvgIpc) is 2.32. The maximum absolute atomic E-state index is 12.1. The molecule has 2 N–H and O–H groups in total. The SMILES string of the molecule is CC(C)(C)Cn1c(=O)c(=O)[nH]c2cccc(C(=O)O)c21. The van der Waals surface area contributed by atoms with Gasteiger partial charge in [-0.05, 0) is 17.5 Å². The average molecular weight is 276 g/mol. The number of nitrogens with one attached hydrogen (secondary N) is 1. The molecule has 0 aliphatic heterocycles. The molecule has 2 aromatic rings. The number of para-hydroxylation sites is 1. The Morgan fingerprint density at radius 1 is 1.30 bits per heavy atom. The summed E-state index contributed by atoms with van der Waals surface area (Å²) in [7, 11) is 0. The fourth-order valence-corrected chi connectivity index (χ4v) is 2.13. The van der Waals surface area contributed by atoms with Crippen LogP contribution in [0.3, 0.4) is 0 Å². The lowest BCUT2D eigenvalue weighted by Crippen LogP contribution is -2.39. The lowest BCUT2D eigenvalue weighted by Gasteiger charge is -2.21. The number of hydrogen-bond acceptors (Lipinski definition) is 3. The van der Waals surface area contributed by atoms with Gasteiger partial charge < -0.3 is 14.7 Å². The van der Waals surface area contributed by atoms with Crippen LogP contribution < -0.4 is 11.1 Å². The van der Waals surface area contributed by atoms with Crippen molar-refractivity contribution in [1.29, 1.82) is 0 Å². The molecule has 2 rings (SSSR count). The summed E-state index contributed by atoms with van der Waals surface area (Å²) < 4.78 is 1.25. The monoisotopic (exact) mass is 276 g/mol. The summed E-state index contributed by atoms with van der Waals surface area (Å²) in [5.74, 6) is -1.13. The third-order valence-corrected chi connectivity index (χ3v) is 2.86. The van der Waals surface area contributed by atoms with Crippen LogP contribution in [0.15, 0.2) is 27.8 Å². The largest absolute Gasteiger partial charge is 0.478 e. The van der Waals surface area contributed by atoms with Crippen molar-refractivity contribution in [2.24, 2.45) is 5.41 Å². The van der Waals surface area contributed by atoms with Crippen molar-refractivity contribution in [1.82, 2.24) is 9.55 Å². The maximum Gasteiger partial charge on any atom is 0.337 e. The zero-order valence-electron chi connectivity index (χ0n) is 11.6. The van der Waals surface area contributed by atoms with E-state index in [2.05, 4.69) is 4.98 Å². The van der Waals surface area contributed by atoms with Gasteiger partial charge in [-0.3, -0.25) is 9.59 Å². The Balaban J connectivity index is 2.95. The van der Waals surface area contributed by atoms with Crippen LogP contribution in [0.5, 0.6) is 0 Å². The predicted octanol–water partition coefficient (Wildman–Crippen LogP) is 1.43. The number of H-pyrrole nitrogens is 1. The lowest BCUT2D eigenvalue weighted by molar-refractivity contribution is 0.0698. The molecule has 0 aliphatic carbocycles. The van der Waals surface area contributed by atoms with Gasteiger partial charge in [0.2, 0.25) is 0 Å². The number of aromatic nitrogens is 2. The van der Waals surface area contributed by atoms with Crippen LogP contribution in [0, 0.1) is 5.41 Å². The first-order chi connectivity index (χ1) is 9.20. The first-order valence-corrected chi connectivity index (χ1v) is 6.20. The molecule has 0 saturated carbocycles. The Hall–Kier alpha value is -2.37. The quantitative estimate of drug-likeness (QED) is 0.812. The summed E-state index contributed by atoms with van der Waals surface area (Å²) in [5.41, 5.74) is -1.15.